The molecule has 9 heteroatoms. The molecule has 5 aliphatic rings. The van der Waals surface area contributed by atoms with Crippen LogP contribution in [0.4, 0.5) is 0 Å². The van der Waals surface area contributed by atoms with Crippen LogP contribution in [0, 0.1) is 50.2 Å². The summed E-state index contributed by atoms with van der Waals surface area (Å²) in [5.74, 6) is -0.680. The number of hydrogen-bond donors (Lipinski definition) is 1. The van der Waals surface area contributed by atoms with Crippen LogP contribution >= 0.6 is 0 Å². The summed E-state index contributed by atoms with van der Waals surface area (Å²) < 4.78 is 39.8. The molecule has 0 aromatic heterocycles. The second-order valence-corrected chi connectivity index (χ2v) is 20.4. The number of esters is 2. The third kappa shape index (κ3) is 5.90. The van der Waals surface area contributed by atoms with Gasteiger partial charge in [-0.15, -0.1) is 0 Å². The Hall–Kier alpha value is -2.52. The van der Waals surface area contributed by atoms with Crippen LogP contribution < -0.4 is 4.72 Å². The number of rotatable bonds is 8. The lowest BCUT2D eigenvalue weighted by Gasteiger charge is -2.70. The molecule has 0 bridgehead atoms. The summed E-state index contributed by atoms with van der Waals surface area (Å²) in [6.45, 7) is 16.1. The Labute approximate surface area is 300 Å². The number of ether oxygens (including phenoxy) is 2. The van der Waals surface area contributed by atoms with E-state index in [1.807, 2.05) is 36.4 Å². The lowest BCUT2D eigenvalue weighted by molar-refractivity contribution is -0.189. The second kappa shape index (κ2) is 12.6. The zero-order valence-electron chi connectivity index (χ0n) is 31.5. The van der Waals surface area contributed by atoms with E-state index in [2.05, 4.69) is 57.9 Å². The molecular formula is C41H59NO7S. The van der Waals surface area contributed by atoms with Crippen LogP contribution in [0.2, 0.25) is 0 Å². The van der Waals surface area contributed by atoms with Crippen molar-refractivity contribution < 1.29 is 32.3 Å². The Bertz CT molecular complexity index is 1670. The number of hydrogen-bond acceptors (Lipinski definition) is 7. The normalized spacial score (nSPS) is 40.6. The van der Waals surface area contributed by atoms with Gasteiger partial charge in [0.1, 0.15) is 6.61 Å². The van der Waals surface area contributed by atoms with Crippen LogP contribution in [0.3, 0.4) is 0 Å². The predicted molar refractivity (Wildman–Crippen MR) is 193 cm³/mol. The van der Waals surface area contributed by atoms with Gasteiger partial charge in [-0.1, -0.05) is 77.4 Å². The molecule has 0 amide bonds. The third-order valence-corrected chi connectivity index (χ3v) is 16.8. The van der Waals surface area contributed by atoms with Crippen molar-refractivity contribution in [3.05, 3.63) is 47.5 Å². The van der Waals surface area contributed by atoms with Gasteiger partial charge in [0.05, 0.1) is 24.7 Å². The van der Waals surface area contributed by atoms with Gasteiger partial charge in [0.15, 0.2) is 5.78 Å². The lowest BCUT2D eigenvalue weighted by atomic mass is 9.33. The molecule has 5 aliphatic carbocycles. The molecule has 0 radical (unpaired) electrons. The maximum Gasteiger partial charge on any atom is 0.312 e. The molecule has 1 N–H and O–H groups in total. The number of carbonyl (C=O) groups excluding carboxylic acids is 3. The van der Waals surface area contributed by atoms with Crippen LogP contribution in [0.25, 0.3) is 0 Å². The van der Waals surface area contributed by atoms with Crippen LogP contribution in [0.1, 0.15) is 118 Å². The van der Waals surface area contributed by atoms with E-state index in [4.69, 9.17) is 4.74 Å². The molecule has 8 nitrogen and oxygen atoms in total. The fourth-order valence-electron chi connectivity index (χ4n) is 12.1. The van der Waals surface area contributed by atoms with Crippen molar-refractivity contribution in [1.29, 1.82) is 0 Å². The standard InChI is InChI=1S/C41H59NO7S/c1-36(2)31-14-18-41(7)34(39(31,5)17-15-32(36)42-50(46,47)23-16-33(44)48-8)30(43)24-28-29-25-38(4,20-19-37(29,3)21-22-40(28,41)6)35(45)49-26-27-12-10-9-11-13-27/h9-13,24,29,31-32,34,42H,14-23,25-26H2,1-8H3/t29-,31-,32-,34?,37+,38-,39-,40+,41+/m0/s1. The number of benzene rings is 1. The van der Waals surface area contributed by atoms with Crippen LogP contribution in [0.15, 0.2) is 42.0 Å². The largest absolute Gasteiger partial charge is 0.469 e. The molecule has 1 aromatic carbocycles. The number of fused-ring (bicyclic) bond motifs is 7. The fourth-order valence-corrected chi connectivity index (χ4v) is 13.5. The second-order valence-electron chi connectivity index (χ2n) is 18.5. The minimum absolute atomic E-state index is 0.0280. The smallest absolute Gasteiger partial charge is 0.312 e. The number of nitrogens with one attached hydrogen (secondary N) is 1. The highest BCUT2D eigenvalue weighted by Crippen LogP contribution is 2.75. The predicted octanol–water partition coefficient (Wildman–Crippen LogP) is 7.56. The van der Waals surface area contributed by atoms with Crippen molar-refractivity contribution >= 4 is 27.7 Å². The van der Waals surface area contributed by atoms with Gasteiger partial charge < -0.3 is 9.47 Å². The van der Waals surface area contributed by atoms with Crippen molar-refractivity contribution in [3.63, 3.8) is 0 Å². The molecule has 1 aromatic rings. The van der Waals surface area contributed by atoms with Crippen LogP contribution in [-0.2, 0) is 40.5 Å². The van der Waals surface area contributed by atoms with Gasteiger partial charge in [-0.2, -0.15) is 0 Å². The van der Waals surface area contributed by atoms with E-state index < -0.39 is 26.8 Å². The Morgan fingerprint density at radius 2 is 1.58 bits per heavy atom. The van der Waals surface area contributed by atoms with E-state index in [0.717, 1.165) is 50.5 Å². The molecule has 50 heavy (non-hydrogen) atoms. The Balaban J connectivity index is 1.27. The van der Waals surface area contributed by atoms with Crippen LogP contribution in [-0.4, -0.2) is 45.0 Å². The summed E-state index contributed by atoms with van der Waals surface area (Å²) in [5.41, 5.74) is 0.508. The minimum Gasteiger partial charge on any atom is -0.469 e. The first-order chi connectivity index (χ1) is 23.2. The highest BCUT2D eigenvalue weighted by molar-refractivity contribution is 7.89. The topological polar surface area (TPSA) is 116 Å². The van der Waals surface area contributed by atoms with E-state index in [1.165, 1.54) is 12.7 Å². The van der Waals surface area contributed by atoms with E-state index in [1.54, 1.807) is 0 Å². The number of methoxy groups -OCH3 is 1. The summed E-state index contributed by atoms with van der Waals surface area (Å²) in [6.07, 6.45) is 9.53. The first kappa shape index (κ1) is 37.2. The van der Waals surface area contributed by atoms with Gasteiger partial charge in [-0.05, 0) is 115 Å². The average Bonchev–Trinajstić information content (AvgIpc) is 3.06. The summed E-state index contributed by atoms with van der Waals surface area (Å²) >= 11 is 0. The van der Waals surface area contributed by atoms with Gasteiger partial charge in [0.2, 0.25) is 10.0 Å². The molecule has 0 spiro atoms. The number of sulfonamides is 1. The molecule has 9 atom stereocenters. The van der Waals surface area contributed by atoms with E-state index in [0.29, 0.717) is 12.8 Å². The van der Waals surface area contributed by atoms with Crippen molar-refractivity contribution in [1.82, 2.24) is 4.72 Å². The highest BCUT2D eigenvalue weighted by Gasteiger charge is 2.70. The van der Waals surface area contributed by atoms with E-state index in [9.17, 15) is 22.8 Å². The third-order valence-electron chi connectivity index (χ3n) is 15.4. The monoisotopic (exact) mass is 709 g/mol. The Morgan fingerprint density at radius 3 is 2.26 bits per heavy atom. The SMILES string of the molecule is COC(=O)CCS(=O)(=O)N[C@H]1CC[C@]2(C)C3C(=O)C=C4[C@@H]5C[C@@](C)(C(=O)OCc6ccccc6)CC[C@]5(C)CC[C@@]4(C)[C@]3(C)CC[C@H]2C1(C)C. The van der Waals surface area contributed by atoms with Gasteiger partial charge in [0.25, 0.3) is 0 Å². The Kier molecular flexibility index (Phi) is 9.36. The summed E-state index contributed by atoms with van der Waals surface area (Å²) in [5, 5.41) is 0. The summed E-state index contributed by atoms with van der Waals surface area (Å²) in [4.78, 5) is 40.2. The minimum atomic E-state index is -3.70. The number of carbonyl (C=O) groups is 3. The van der Waals surface area contributed by atoms with Gasteiger partial charge >= 0.3 is 11.9 Å². The molecule has 4 fully saturated rings. The zero-order valence-corrected chi connectivity index (χ0v) is 32.3. The van der Waals surface area contributed by atoms with Gasteiger partial charge in [-0.3, -0.25) is 14.4 Å². The maximum atomic E-state index is 14.8. The molecular weight excluding hydrogens is 651 g/mol. The quantitative estimate of drug-likeness (QED) is 0.277. The van der Waals surface area contributed by atoms with E-state index in [-0.39, 0.29) is 76.0 Å². The van der Waals surface area contributed by atoms with Crippen LogP contribution in [0.5, 0.6) is 0 Å². The van der Waals surface area contributed by atoms with Crippen molar-refractivity contribution in [2.75, 3.05) is 12.9 Å². The Morgan fingerprint density at radius 1 is 0.900 bits per heavy atom. The average molecular weight is 710 g/mol. The van der Waals surface area contributed by atoms with Crippen molar-refractivity contribution in [2.45, 2.75) is 125 Å². The number of allylic oxidation sites excluding steroid dienone is 2. The van der Waals surface area contributed by atoms with Gasteiger partial charge in [-0.25, -0.2) is 13.1 Å². The molecule has 4 saturated carbocycles. The highest BCUT2D eigenvalue weighted by atomic mass is 32.2. The molecule has 6 rings (SSSR count). The molecule has 276 valence electrons. The zero-order chi connectivity index (χ0) is 36.5. The van der Waals surface area contributed by atoms with Crippen molar-refractivity contribution in [3.8, 4) is 0 Å². The fraction of sp³-hybridized carbons (Fsp3) is 0.732. The van der Waals surface area contributed by atoms with Crippen molar-refractivity contribution in [2.24, 2.45) is 50.2 Å². The summed E-state index contributed by atoms with van der Waals surface area (Å²) in [6, 6.07) is 9.54. The summed E-state index contributed by atoms with van der Waals surface area (Å²) in [7, 11) is -2.44. The first-order valence-electron chi connectivity index (χ1n) is 18.8. The molecule has 0 aliphatic heterocycles. The molecule has 0 heterocycles. The lowest BCUT2D eigenvalue weighted by Crippen LogP contribution is -2.67. The number of ketones is 1. The molecule has 1 unspecified atom stereocenters. The first-order valence-corrected chi connectivity index (χ1v) is 20.4. The maximum absolute atomic E-state index is 14.8. The van der Waals surface area contributed by atoms with E-state index >= 15 is 0 Å². The molecule has 0 saturated heterocycles. The van der Waals surface area contributed by atoms with Gasteiger partial charge in [0, 0.05) is 12.0 Å².